The Hall–Kier alpha value is -2.80. The monoisotopic (exact) mass is 366 g/mol. The van der Waals surface area contributed by atoms with Crippen molar-refractivity contribution in [3.05, 3.63) is 60.2 Å². The van der Waals surface area contributed by atoms with Gasteiger partial charge in [0.1, 0.15) is 0 Å². The van der Waals surface area contributed by atoms with Crippen LogP contribution in [0.2, 0.25) is 0 Å². The normalized spacial score (nSPS) is 23.2. The molecule has 0 aliphatic carbocycles. The van der Waals surface area contributed by atoms with E-state index in [0.717, 1.165) is 18.4 Å². The Morgan fingerprint density at radius 3 is 2.22 bits per heavy atom. The molecule has 0 radical (unpaired) electrons. The van der Waals surface area contributed by atoms with Crippen LogP contribution in [0.4, 0.5) is 0 Å². The molecule has 2 aliphatic heterocycles. The highest BCUT2D eigenvalue weighted by atomic mass is 16.5. The second-order valence-corrected chi connectivity index (χ2v) is 6.89. The number of piperidine rings is 1. The molecule has 0 unspecified atom stereocenters. The van der Waals surface area contributed by atoms with E-state index in [9.17, 15) is 9.59 Å². The highest BCUT2D eigenvalue weighted by Crippen LogP contribution is 2.40. The van der Waals surface area contributed by atoms with Crippen LogP contribution in [0.3, 0.4) is 0 Å². The third-order valence-corrected chi connectivity index (χ3v) is 5.46. The lowest BCUT2D eigenvalue weighted by Gasteiger charge is -2.52. The molecule has 2 atom stereocenters. The van der Waals surface area contributed by atoms with E-state index in [1.165, 1.54) is 0 Å². The molecule has 0 bridgehead atoms. The van der Waals surface area contributed by atoms with E-state index in [1.54, 1.807) is 44.0 Å². The molecule has 2 fully saturated rings. The Labute approximate surface area is 158 Å². The standard InChI is InChI=1S/C20H22N4O3/c1-27-18-17(14-2-8-21-9-3-14)24(20(18)26)16-6-12-23(13-7-16)19(25)15-4-10-22-11-5-15/h2-5,8-11,16-18H,6-7,12-13H2,1H3/t17-,18+/m0/s1. The molecule has 7 heteroatoms. The Bertz CT molecular complexity index is 806. The minimum Gasteiger partial charge on any atom is -0.369 e. The van der Waals surface area contributed by atoms with Crippen LogP contribution in [0.15, 0.2) is 49.1 Å². The Morgan fingerprint density at radius 1 is 1.04 bits per heavy atom. The van der Waals surface area contributed by atoms with Crippen molar-refractivity contribution in [2.45, 2.75) is 31.0 Å². The van der Waals surface area contributed by atoms with Gasteiger partial charge in [-0.3, -0.25) is 19.6 Å². The van der Waals surface area contributed by atoms with Crippen LogP contribution in [-0.4, -0.2) is 63.9 Å². The number of carbonyl (C=O) groups is 2. The molecule has 0 spiro atoms. The van der Waals surface area contributed by atoms with Gasteiger partial charge in [0.2, 0.25) is 0 Å². The second kappa shape index (κ2) is 7.44. The number of hydrogen-bond donors (Lipinski definition) is 0. The van der Waals surface area contributed by atoms with Gasteiger partial charge in [-0.25, -0.2) is 0 Å². The van der Waals surface area contributed by atoms with Crippen molar-refractivity contribution in [1.29, 1.82) is 0 Å². The lowest BCUT2D eigenvalue weighted by atomic mass is 9.86. The zero-order valence-electron chi connectivity index (χ0n) is 15.2. The minimum absolute atomic E-state index is 0.0197. The highest BCUT2D eigenvalue weighted by molar-refractivity contribution is 5.94. The number of hydrogen-bond acceptors (Lipinski definition) is 5. The lowest BCUT2D eigenvalue weighted by Crippen LogP contribution is -2.64. The van der Waals surface area contributed by atoms with E-state index < -0.39 is 6.10 Å². The largest absolute Gasteiger partial charge is 0.369 e. The fourth-order valence-electron chi connectivity index (χ4n) is 4.04. The molecule has 7 nitrogen and oxygen atoms in total. The summed E-state index contributed by atoms with van der Waals surface area (Å²) in [6.07, 6.45) is 7.81. The van der Waals surface area contributed by atoms with Crippen molar-refractivity contribution in [3.63, 3.8) is 0 Å². The number of likely N-dealkylation sites (tertiary alicyclic amines) is 2. The molecular formula is C20H22N4O3. The van der Waals surface area contributed by atoms with Crippen molar-refractivity contribution < 1.29 is 14.3 Å². The Balaban J connectivity index is 1.44. The number of rotatable bonds is 4. The maximum absolute atomic E-state index is 12.6. The molecule has 2 saturated heterocycles. The number of carbonyl (C=O) groups excluding carboxylic acids is 2. The van der Waals surface area contributed by atoms with Crippen LogP contribution >= 0.6 is 0 Å². The van der Waals surface area contributed by atoms with Crippen LogP contribution in [0.25, 0.3) is 0 Å². The average Bonchev–Trinajstić information content (AvgIpc) is 2.73. The van der Waals surface area contributed by atoms with Gasteiger partial charge in [0, 0.05) is 56.6 Å². The fourth-order valence-corrected chi connectivity index (χ4v) is 4.04. The fraction of sp³-hybridized carbons (Fsp3) is 0.400. The zero-order valence-corrected chi connectivity index (χ0v) is 15.2. The third kappa shape index (κ3) is 3.19. The van der Waals surface area contributed by atoms with Crippen molar-refractivity contribution in [1.82, 2.24) is 19.8 Å². The minimum atomic E-state index is -0.441. The van der Waals surface area contributed by atoms with Gasteiger partial charge in [-0.1, -0.05) is 0 Å². The SMILES string of the molecule is CO[C@H]1C(=O)N(C2CCN(C(=O)c3ccncc3)CC2)[C@H]1c1ccncc1. The third-order valence-electron chi connectivity index (χ3n) is 5.46. The summed E-state index contributed by atoms with van der Waals surface area (Å²) in [5.74, 6) is 0.0458. The van der Waals surface area contributed by atoms with Gasteiger partial charge in [0.05, 0.1) is 6.04 Å². The molecule has 140 valence electrons. The van der Waals surface area contributed by atoms with Gasteiger partial charge in [-0.2, -0.15) is 0 Å². The zero-order chi connectivity index (χ0) is 18.8. The van der Waals surface area contributed by atoms with Crippen LogP contribution in [0, 0.1) is 0 Å². The van der Waals surface area contributed by atoms with Gasteiger partial charge in [0.15, 0.2) is 6.10 Å². The van der Waals surface area contributed by atoms with E-state index in [0.29, 0.717) is 18.7 Å². The topological polar surface area (TPSA) is 75.6 Å². The quantitative estimate of drug-likeness (QED) is 0.770. The van der Waals surface area contributed by atoms with Gasteiger partial charge < -0.3 is 14.5 Å². The first-order valence-electron chi connectivity index (χ1n) is 9.15. The van der Waals surface area contributed by atoms with Crippen molar-refractivity contribution in [3.8, 4) is 0 Å². The van der Waals surface area contributed by atoms with Crippen LogP contribution in [0.5, 0.6) is 0 Å². The maximum Gasteiger partial charge on any atom is 0.255 e. The molecule has 0 aromatic carbocycles. The second-order valence-electron chi connectivity index (χ2n) is 6.89. The van der Waals surface area contributed by atoms with Gasteiger partial charge >= 0.3 is 0 Å². The van der Waals surface area contributed by atoms with Crippen molar-refractivity contribution in [2.75, 3.05) is 20.2 Å². The van der Waals surface area contributed by atoms with E-state index in [1.807, 2.05) is 21.9 Å². The molecule has 2 amide bonds. The van der Waals surface area contributed by atoms with Crippen LogP contribution in [0.1, 0.15) is 34.8 Å². The van der Waals surface area contributed by atoms with E-state index in [2.05, 4.69) is 9.97 Å². The molecule has 27 heavy (non-hydrogen) atoms. The number of nitrogens with zero attached hydrogens (tertiary/aromatic N) is 4. The summed E-state index contributed by atoms with van der Waals surface area (Å²) in [7, 11) is 1.57. The molecule has 4 heterocycles. The van der Waals surface area contributed by atoms with E-state index in [-0.39, 0.29) is 23.9 Å². The van der Waals surface area contributed by atoms with Gasteiger partial charge in [0.25, 0.3) is 11.8 Å². The van der Waals surface area contributed by atoms with Crippen molar-refractivity contribution >= 4 is 11.8 Å². The average molecular weight is 366 g/mol. The van der Waals surface area contributed by atoms with Crippen LogP contribution in [-0.2, 0) is 9.53 Å². The summed E-state index contributed by atoms with van der Waals surface area (Å²) in [5, 5.41) is 0. The van der Waals surface area contributed by atoms with Crippen molar-refractivity contribution in [2.24, 2.45) is 0 Å². The van der Waals surface area contributed by atoms with Gasteiger partial charge in [-0.15, -0.1) is 0 Å². The molecule has 2 aromatic heterocycles. The Morgan fingerprint density at radius 2 is 1.63 bits per heavy atom. The number of aromatic nitrogens is 2. The lowest BCUT2D eigenvalue weighted by molar-refractivity contribution is -0.178. The number of ether oxygens (including phenoxy) is 1. The predicted molar refractivity (Wildman–Crippen MR) is 97.8 cm³/mol. The number of methoxy groups -OCH3 is 1. The summed E-state index contributed by atoms with van der Waals surface area (Å²) >= 11 is 0. The molecule has 0 saturated carbocycles. The van der Waals surface area contributed by atoms with Crippen LogP contribution < -0.4 is 0 Å². The Kier molecular flexibility index (Phi) is 4.85. The molecular weight excluding hydrogens is 344 g/mol. The summed E-state index contributed by atoms with van der Waals surface area (Å²) in [5.41, 5.74) is 1.68. The maximum atomic E-state index is 12.6. The van der Waals surface area contributed by atoms with E-state index >= 15 is 0 Å². The first-order chi connectivity index (χ1) is 13.2. The molecule has 4 rings (SSSR count). The highest BCUT2D eigenvalue weighted by Gasteiger charge is 2.51. The summed E-state index contributed by atoms with van der Waals surface area (Å²) in [6.45, 7) is 1.27. The predicted octanol–water partition coefficient (Wildman–Crippen LogP) is 1.68. The number of amides is 2. The smallest absolute Gasteiger partial charge is 0.255 e. The summed E-state index contributed by atoms with van der Waals surface area (Å²) < 4.78 is 5.42. The molecule has 2 aromatic rings. The molecule has 0 N–H and O–H groups in total. The summed E-state index contributed by atoms with van der Waals surface area (Å²) in [6, 6.07) is 7.35. The first-order valence-corrected chi connectivity index (χ1v) is 9.15. The summed E-state index contributed by atoms with van der Waals surface area (Å²) in [4.78, 5) is 37.0. The van der Waals surface area contributed by atoms with E-state index in [4.69, 9.17) is 4.74 Å². The van der Waals surface area contributed by atoms with Gasteiger partial charge in [-0.05, 0) is 42.7 Å². The first kappa shape index (κ1) is 17.6. The number of pyridine rings is 2. The number of β-lactam (4-membered cyclic amide) rings is 1. The molecule has 2 aliphatic rings.